The third-order valence-electron chi connectivity index (χ3n) is 6.69. The van der Waals surface area contributed by atoms with Gasteiger partial charge in [-0.05, 0) is 41.3 Å². The Morgan fingerprint density at radius 3 is 2.59 bits per heavy atom. The zero-order valence-electron chi connectivity index (χ0n) is 17.2. The van der Waals surface area contributed by atoms with E-state index in [4.69, 9.17) is 4.74 Å². The molecular formula is C28H20O4. The molecule has 0 spiro atoms. The smallest absolute Gasteiger partial charge is 0.339 e. The summed E-state index contributed by atoms with van der Waals surface area (Å²) >= 11 is 0. The van der Waals surface area contributed by atoms with Gasteiger partial charge in [-0.15, -0.1) is 0 Å². The summed E-state index contributed by atoms with van der Waals surface area (Å²) in [5, 5.41) is 24.3. The highest BCUT2D eigenvalue weighted by molar-refractivity contribution is 5.96. The lowest BCUT2D eigenvalue weighted by Gasteiger charge is -2.36. The fourth-order valence-electron chi connectivity index (χ4n) is 5.17. The van der Waals surface area contributed by atoms with Gasteiger partial charge in [-0.1, -0.05) is 66.7 Å². The molecular weight excluding hydrogens is 400 g/mol. The van der Waals surface area contributed by atoms with Crippen LogP contribution in [-0.4, -0.2) is 16.2 Å². The van der Waals surface area contributed by atoms with E-state index in [-0.39, 0.29) is 23.4 Å². The molecule has 2 unspecified atom stereocenters. The standard InChI is InChI=1S/C28H20O4/c29-25-9-3-5-17-11-13-19(15-22(17)25)28(24-8-2-1-7-21(24)27(31)32-28)20-14-12-18-6-4-10-26(30)23(18)16-20/h1-13,15-16,20,29-30H,14H2. The predicted molar refractivity (Wildman–Crippen MR) is 123 cm³/mol. The van der Waals surface area contributed by atoms with Crippen molar-refractivity contribution in [2.45, 2.75) is 12.0 Å². The maximum Gasteiger partial charge on any atom is 0.339 e. The summed E-state index contributed by atoms with van der Waals surface area (Å²) in [6.07, 6.45) is 4.72. The molecule has 32 heavy (non-hydrogen) atoms. The van der Waals surface area contributed by atoms with Crippen LogP contribution in [0.15, 0.2) is 78.9 Å². The van der Waals surface area contributed by atoms with Crippen LogP contribution < -0.4 is 10.4 Å². The van der Waals surface area contributed by atoms with E-state index in [9.17, 15) is 15.0 Å². The lowest BCUT2D eigenvalue weighted by Crippen LogP contribution is -2.40. The highest BCUT2D eigenvalue weighted by Gasteiger charge is 2.51. The Hall–Kier alpha value is -4.05. The number of aromatic hydroxyl groups is 2. The minimum atomic E-state index is -1.07. The van der Waals surface area contributed by atoms with Crippen molar-refractivity contribution in [2.75, 3.05) is 0 Å². The van der Waals surface area contributed by atoms with Crippen molar-refractivity contribution in [2.24, 2.45) is 5.92 Å². The van der Waals surface area contributed by atoms with Crippen molar-refractivity contribution < 1.29 is 19.7 Å². The normalized spacial score (nSPS) is 21.2. The Morgan fingerprint density at radius 1 is 0.875 bits per heavy atom. The van der Waals surface area contributed by atoms with E-state index in [1.165, 1.54) is 0 Å². The van der Waals surface area contributed by atoms with Crippen LogP contribution in [0.25, 0.3) is 22.9 Å². The average molecular weight is 420 g/mol. The molecule has 6 rings (SSSR count). The number of phenolic OH excluding ortho intramolecular Hbond substituents is 2. The lowest BCUT2D eigenvalue weighted by molar-refractivity contribution is -0.00412. The molecule has 0 saturated heterocycles. The summed E-state index contributed by atoms with van der Waals surface area (Å²) in [5.74, 6) is -0.222. The summed E-state index contributed by atoms with van der Waals surface area (Å²) in [7, 11) is 0. The Kier molecular flexibility index (Phi) is 3.93. The van der Waals surface area contributed by atoms with Gasteiger partial charge in [-0.25, -0.2) is 4.79 Å². The molecule has 1 aliphatic carbocycles. The van der Waals surface area contributed by atoms with Gasteiger partial charge in [-0.2, -0.15) is 0 Å². The largest absolute Gasteiger partial charge is 0.507 e. The van der Waals surface area contributed by atoms with Gasteiger partial charge in [0.1, 0.15) is 11.5 Å². The first-order valence-electron chi connectivity index (χ1n) is 10.6. The van der Waals surface area contributed by atoms with Gasteiger partial charge in [-0.3, -0.25) is 0 Å². The van der Waals surface area contributed by atoms with Gasteiger partial charge in [0.15, 0.2) is 5.60 Å². The van der Waals surface area contributed by atoms with Crippen molar-refractivity contribution in [3.63, 3.8) is 0 Å². The fourth-order valence-corrected chi connectivity index (χ4v) is 5.17. The first kappa shape index (κ1) is 18.7. The Morgan fingerprint density at radius 2 is 1.69 bits per heavy atom. The quantitative estimate of drug-likeness (QED) is 0.482. The first-order valence-corrected chi connectivity index (χ1v) is 10.6. The van der Waals surface area contributed by atoms with Crippen LogP contribution in [0.4, 0.5) is 0 Å². The van der Waals surface area contributed by atoms with Crippen molar-refractivity contribution in [1.82, 2.24) is 0 Å². The number of carbonyl (C=O) groups excluding carboxylic acids is 1. The maximum atomic E-state index is 13.0. The predicted octanol–water partition coefficient (Wildman–Crippen LogP) is 3.95. The van der Waals surface area contributed by atoms with Crippen LogP contribution in [0.5, 0.6) is 11.5 Å². The molecule has 4 aromatic rings. The third-order valence-corrected chi connectivity index (χ3v) is 6.69. The van der Waals surface area contributed by atoms with Gasteiger partial charge in [0.05, 0.1) is 5.56 Å². The molecule has 0 saturated carbocycles. The summed E-state index contributed by atoms with van der Waals surface area (Å²) in [5.41, 5.74) is 1.06. The van der Waals surface area contributed by atoms with E-state index >= 15 is 0 Å². The Bertz CT molecular complexity index is 1540. The lowest BCUT2D eigenvalue weighted by atomic mass is 9.72. The summed E-state index contributed by atoms with van der Waals surface area (Å²) in [6.45, 7) is 0. The van der Waals surface area contributed by atoms with Gasteiger partial charge >= 0.3 is 5.97 Å². The average Bonchev–Trinajstić information content (AvgIpc) is 3.13. The van der Waals surface area contributed by atoms with Gasteiger partial charge in [0, 0.05) is 27.6 Å². The number of benzene rings is 4. The highest BCUT2D eigenvalue weighted by atomic mass is 16.6. The zero-order valence-corrected chi connectivity index (χ0v) is 17.2. The molecule has 2 aliphatic rings. The molecule has 4 nitrogen and oxygen atoms in total. The van der Waals surface area contributed by atoms with Gasteiger partial charge in [0.25, 0.3) is 0 Å². The third kappa shape index (κ3) is 2.53. The fraction of sp³-hybridized carbons (Fsp3) is 0.107. The van der Waals surface area contributed by atoms with E-state index in [1.54, 1.807) is 18.2 Å². The first-order chi connectivity index (χ1) is 15.6. The molecule has 4 heteroatoms. The molecule has 0 amide bonds. The molecule has 0 fully saturated rings. The molecule has 1 heterocycles. The molecule has 1 aliphatic heterocycles. The van der Waals surface area contributed by atoms with Gasteiger partial charge < -0.3 is 14.9 Å². The second-order valence-corrected chi connectivity index (χ2v) is 8.38. The second kappa shape index (κ2) is 6.72. The van der Waals surface area contributed by atoms with Crippen molar-refractivity contribution in [1.29, 1.82) is 0 Å². The van der Waals surface area contributed by atoms with Crippen LogP contribution in [0.3, 0.4) is 0 Å². The number of hydrogen-bond acceptors (Lipinski definition) is 4. The van der Waals surface area contributed by atoms with Crippen molar-refractivity contribution in [3.8, 4) is 11.5 Å². The van der Waals surface area contributed by atoms with E-state index < -0.39 is 5.60 Å². The highest BCUT2D eigenvalue weighted by Crippen LogP contribution is 2.50. The van der Waals surface area contributed by atoms with Crippen LogP contribution in [0.1, 0.15) is 27.9 Å². The van der Waals surface area contributed by atoms with Crippen LogP contribution in [0, 0.1) is 5.92 Å². The topological polar surface area (TPSA) is 66.8 Å². The van der Waals surface area contributed by atoms with Crippen LogP contribution in [0.2, 0.25) is 0 Å². The minimum absolute atomic E-state index is 0.180. The molecule has 0 radical (unpaired) electrons. The number of phenols is 2. The van der Waals surface area contributed by atoms with E-state index in [2.05, 4.69) is 6.08 Å². The number of rotatable bonds is 2. The number of ether oxygens (including phenoxy) is 1. The Labute approximate surface area is 184 Å². The molecule has 2 N–H and O–H groups in total. The summed E-state index contributed by atoms with van der Waals surface area (Å²) in [4.78, 5) is 13.0. The SMILES string of the molecule is O=C1OC(c2ccc3cccc(O)c3c2)(C2C=c3c(O)cccc3=CC2)c2ccccc21. The number of esters is 1. The van der Waals surface area contributed by atoms with E-state index in [0.717, 1.165) is 27.0 Å². The molecule has 0 aromatic heterocycles. The number of cyclic esters (lactones) is 1. The van der Waals surface area contributed by atoms with Crippen molar-refractivity contribution >= 4 is 28.9 Å². The van der Waals surface area contributed by atoms with Crippen LogP contribution in [-0.2, 0) is 10.3 Å². The van der Waals surface area contributed by atoms with E-state index in [0.29, 0.717) is 17.4 Å². The molecule has 156 valence electrons. The molecule has 4 aromatic carbocycles. The number of hydrogen-bond donors (Lipinski definition) is 2. The second-order valence-electron chi connectivity index (χ2n) is 8.38. The number of carbonyl (C=O) groups is 1. The maximum absolute atomic E-state index is 13.0. The van der Waals surface area contributed by atoms with Gasteiger partial charge in [0.2, 0.25) is 0 Å². The van der Waals surface area contributed by atoms with Crippen LogP contribution >= 0.6 is 0 Å². The monoisotopic (exact) mass is 420 g/mol. The Balaban J connectivity index is 1.66. The minimum Gasteiger partial charge on any atom is -0.507 e. The molecule has 2 atom stereocenters. The summed E-state index contributed by atoms with van der Waals surface area (Å²) in [6, 6.07) is 24.1. The molecule has 0 bridgehead atoms. The van der Waals surface area contributed by atoms with E-state index in [1.807, 2.05) is 66.7 Å². The number of fused-ring (bicyclic) bond motifs is 3. The van der Waals surface area contributed by atoms with Crippen molar-refractivity contribution in [3.05, 3.63) is 106 Å². The zero-order chi connectivity index (χ0) is 21.9. The summed E-state index contributed by atoms with van der Waals surface area (Å²) < 4.78 is 6.24.